The van der Waals surface area contributed by atoms with Crippen molar-refractivity contribution in [3.05, 3.63) is 71.8 Å². The van der Waals surface area contributed by atoms with Crippen LogP contribution in [-0.2, 0) is 22.7 Å². The molecule has 0 aliphatic heterocycles. The van der Waals surface area contributed by atoms with Gasteiger partial charge in [0.2, 0.25) is 0 Å². The highest BCUT2D eigenvalue weighted by Crippen LogP contribution is 2.12. The molecular formula is C20H26O3. The number of hydrogen-bond acceptors (Lipinski definition) is 3. The molecule has 0 aliphatic rings. The second kappa shape index (κ2) is 10.2. The summed E-state index contributed by atoms with van der Waals surface area (Å²) in [5.41, 5.74) is 2.28. The highest BCUT2D eigenvalue weighted by atomic mass is 16.5. The van der Waals surface area contributed by atoms with Gasteiger partial charge in [-0.2, -0.15) is 0 Å². The van der Waals surface area contributed by atoms with E-state index in [4.69, 9.17) is 9.47 Å². The first-order chi connectivity index (χ1) is 11.3. The molecule has 0 saturated heterocycles. The molecule has 1 atom stereocenters. The van der Waals surface area contributed by atoms with Gasteiger partial charge in [0.25, 0.3) is 0 Å². The van der Waals surface area contributed by atoms with E-state index in [1.165, 1.54) is 0 Å². The van der Waals surface area contributed by atoms with Crippen LogP contribution in [0.5, 0.6) is 0 Å². The van der Waals surface area contributed by atoms with Crippen LogP contribution in [0.3, 0.4) is 0 Å². The molecule has 2 rings (SSSR count). The number of ether oxygens (including phenoxy) is 2. The van der Waals surface area contributed by atoms with E-state index in [0.29, 0.717) is 32.8 Å². The number of aliphatic hydroxyl groups excluding tert-OH is 1. The van der Waals surface area contributed by atoms with E-state index < -0.39 is 6.10 Å². The van der Waals surface area contributed by atoms with Gasteiger partial charge in [-0.1, -0.05) is 67.6 Å². The lowest BCUT2D eigenvalue weighted by atomic mass is 10.0. The second-order valence-electron chi connectivity index (χ2n) is 5.74. The molecule has 0 aliphatic carbocycles. The average molecular weight is 314 g/mol. The van der Waals surface area contributed by atoms with E-state index in [1.807, 2.05) is 67.6 Å². The number of hydrogen-bond donors (Lipinski definition) is 1. The van der Waals surface area contributed by atoms with Gasteiger partial charge in [-0.25, -0.2) is 0 Å². The summed E-state index contributed by atoms with van der Waals surface area (Å²) >= 11 is 0. The summed E-state index contributed by atoms with van der Waals surface area (Å²) in [5.74, 6) is -0.00701. The van der Waals surface area contributed by atoms with Crippen LogP contribution in [0.4, 0.5) is 0 Å². The molecule has 3 heteroatoms. The van der Waals surface area contributed by atoms with Gasteiger partial charge in [-0.15, -0.1) is 0 Å². The summed E-state index contributed by atoms with van der Waals surface area (Å²) in [7, 11) is 0. The second-order valence-corrected chi connectivity index (χ2v) is 5.74. The highest BCUT2D eigenvalue weighted by Gasteiger charge is 2.18. The Morgan fingerprint density at radius 3 is 1.61 bits per heavy atom. The van der Waals surface area contributed by atoms with Crippen LogP contribution in [0, 0.1) is 5.92 Å². The Balaban J connectivity index is 1.75. The van der Waals surface area contributed by atoms with Gasteiger partial charge in [0.05, 0.1) is 32.5 Å². The number of rotatable bonds is 10. The quantitative estimate of drug-likeness (QED) is 0.725. The van der Waals surface area contributed by atoms with Crippen LogP contribution in [0.15, 0.2) is 60.7 Å². The van der Waals surface area contributed by atoms with Crippen molar-refractivity contribution < 1.29 is 14.6 Å². The monoisotopic (exact) mass is 314 g/mol. The lowest BCUT2D eigenvalue weighted by molar-refractivity contribution is -0.0297. The first-order valence-electron chi connectivity index (χ1n) is 8.21. The summed E-state index contributed by atoms with van der Waals surface area (Å²) in [6.45, 7) is 4.10. The predicted octanol–water partition coefficient (Wildman–Crippen LogP) is 3.81. The van der Waals surface area contributed by atoms with Crippen LogP contribution in [-0.4, -0.2) is 24.4 Å². The minimum absolute atomic E-state index is 0.00701. The minimum atomic E-state index is -0.401. The van der Waals surface area contributed by atoms with Crippen molar-refractivity contribution in [1.29, 1.82) is 0 Å². The smallest absolute Gasteiger partial charge is 0.0717 e. The Morgan fingerprint density at radius 1 is 0.783 bits per heavy atom. The maximum Gasteiger partial charge on any atom is 0.0717 e. The average Bonchev–Trinajstić information content (AvgIpc) is 2.61. The van der Waals surface area contributed by atoms with E-state index in [-0.39, 0.29) is 5.92 Å². The standard InChI is InChI=1S/C20H26O3/c1-2-20(21)19(15-22-13-17-9-5-3-6-10-17)16-23-14-18-11-7-4-8-12-18/h3-12,19-21H,2,13-16H2,1H3. The Hall–Kier alpha value is -1.68. The molecule has 124 valence electrons. The van der Waals surface area contributed by atoms with Crippen molar-refractivity contribution in [2.75, 3.05) is 13.2 Å². The molecular weight excluding hydrogens is 288 g/mol. The van der Waals surface area contributed by atoms with Crippen molar-refractivity contribution in [3.63, 3.8) is 0 Å². The molecule has 1 N–H and O–H groups in total. The van der Waals surface area contributed by atoms with Gasteiger partial charge in [-0.05, 0) is 17.5 Å². The first-order valence-corrected chi connectivity index (χ1v) is 8.21. The van der Waals surface area contributed by atoms with Crippen LogP contribution in [0.25, 0.3) is 0 Å². The SMILES string of the molecule is CCC(O)C(COCc1ccccc1)COCc1ccccc1. The summed E-state index contributed by atoms with van der Waals surface area (Å²) in [4.78, 5) is 0. The Labute approximate surface area is 138 Å². The largest absolute Gasteiger partial charge is 0.393 e. The van der Waals surface area contributed by atoms with Gasteiger partial charge in [0.1, 0.15) is 0 Å². The maximum absolute atomic E-state index is 10.2. The zero-order valence-corrected chi connectivity index (χ0v) is 13.7. The van der Waals surface area contributed by atoms with Crippen molar-refractivity contribution in [2.45, 2.75) is 32.7 Å². The fourth-order valence-corrected chi connectivity index (χ4v) is 2.41. The van der Waals surface area contributed by atoms with Crippen LogP contribution < -0.4 is 0 Å². The molecule has 3 nitrogen and oxygen atoms in total. The van der Waals surface area contributed by atoms with Crippen molar-refractivity contribution in [3.8, 4) is 0 Å². The van der Waals surface area contributed by atoms with Crippen LogP contribution in [0.1, 0.15) is 24.5 Å². The molecule has 0 saturated carbocycles. The van der Waals surface area contributed by atoms with E-state index in [0.717, 1.165) is 11.1 Å². The zero-order chi connectivity index (χ0) is 16.3. The third kappa shape index (κ3) is 6.53. The Kier molecular flexibility index (Phi) is 7.81. The maximum atomic E-state index is 10.2. The fraction of sp³-hybridized carbons (Fsp3) is 0.400. The van der Waals surface area contributed by atoms with E-state index in [9.17, 15) is 5.11 Å². The predicted molar refractivity (Wildman–Crippen MR) is 92.0 cm³/mol. The molecule has 0 spiro atoms. The van der Waals surface area contributed by atoms with Crippen molar-refractivity contribution in [1.82, 2.24) is 0 Å². The van der Waals surface area contributed by atoms with Gasteiger partial charge in [0, 0.05) is 5.92 Å². The molecule has 2 aromatic carbocycles. The minimum Gasteiger partial charge on any atom is -0.393 e. The molecule has 0 fully saturated rings. The molecule has 0 aromatic heterocycles. The first kappa shape index (κ1) is 17.7. The zero-order valence-electron chi connectivity index (χ0n) is 13.7. The van der Waals surface area contributed by atoms with E-state index >= 15 is 0 Å². The summed E-state index contributed by atoms with van der Waals surface area (Å²) in [6, 6.07) is 20.1. The highest BCUT2D eigenvalue weighted by molar-refractivity contribution is 5.14. The van der Waals surface area contributed by atoms with Crippen molar-refractivity contribution >= 4 is 0 Å². The molecule has 0 radical (unpaired) electrons. The summed E-state index contributed by atoms with van der Waals surface area (Å²) < 4.78 is 11.5. The normalized spacial score (nSPS) is 12.5. The number of benzene rings is 2. The third-order valence-electron chi connectivity index (χ3n) is 3.85. The molecule has 2 aromatic rings. The summed E-state index contributed by atoms with van der Waals surface area (Å²) in [6.07, 6.45) is 0.301. The molecule has 1 unspecified atom stereocenters. The van der Waals surface area contributed by atoms with Gasteiger partial charge in [-0.3, -0.25) is 0 Å². The van der Waals surface area contributed by atoms with E-state index in [1.54, 1.807) is 0 Å². The van der Waals surface area contributed by atoms with E-state index in [2.05, 4.69) is 0 Å². The van der Waals surface area contributed by atoms with Crippen LogP contribution in [0.2, 0.25) is 0 Å². The molecule has 0 amide bonds. The Bertz CT molecular complexity index is 482. The number of aliphatic hydroxyl groups is 1. The molecule has 0 bridgehead atoms. The van der Waals surface area contributed by atoms with Gasteiger partial charge < -0.3 is 14.6 Å². The molecule has 23 heavy (non-hydrogen) atoms. The lowest BCUT2D eigenvalue weighted by Gasteiger charge is -2.22. The van der Waals surface area contributed by atoms with Gasteiger partial charge in [0.15, 0.2) is 0 Å². The third-order valence-corrected chi connectivity index (χ3v) is 3.85. The van der Waals surface area contributed by atoms with Gasteiger partial charge >= 0.3 is 0 Å². The topological polar surface area (TPSA) is 38.7 Å². The summed E-state index contributed by atoms with van der Waals surface area (Å²) in [5, 5.41) is 10.2. The lowest BCUT2D eigenvalue weighted by Crippen LogP contribution is -2.29. The van der Waals surface area contributed by atoms with Crippen molar-refractivity contribution in [2.24, 2.45) is 5.92 Å². The van der Waals surface area contributed by atoms with Crippen LogP contribution >= 0.6 is 0 Å². The molecule has 0 heterocycles. The Morgan fingerprint density at radius 2 is 1.22 bits per heavy atom. The fourth-order valence-electron chi connectivity index (χ4n) is 2.41.